The molecule has 29 heavy (non-hydrogen) atoms. The first-order valence-corrected chi connectivity index (χ1v) is 10.6. The smallest absolute Gasteiger partial charge is 0.257 e. The number of halogens is 1. The lowest BCUT2D eigenvalue weighted by Gasteiger charge is -2.09. The molecular weight excluding hydrogens is 414 g/mol. The zero-order chi connectivity index (χ0) is 21.2. The molecular formula is C19H16ClN5O3S. The topological polar surface area (TPSA) is 117 Å². The van der Waals surface area contributed by atoms with Crippen LogP contribution in [0.15, 0.2) is 48.8 Å². The number of nitrogens with zero attached hydrogens (tertiary/aromatic N) is 3. The van der Waals surface area contributed by atoms with Gasteiger partial charge in [0.1, 0.15) is 11.9 Å². The van der Waals surface area contributed by atoms with Crippen molar-refractivity contribution in [3.63, 3.8) is 0 Å². The Labute approximate surface area is 172 Å². The van der Waals surface area contributed by atoms with Crippen LogP contribution in [0.4, 0.5) is 11.4 Å². The van der Waals surface area contributed by atoms with Gasteiger partial charge >= 0.3 is 0 Å². The molecule has 0 fully saturated rings. The number of hydrogen-bond donors (Lipinski definition) is 2. The molecule has 0 radical (unpaired) electrons. The van der Waals surface area contributed by atoms with Crippen molar-refractivity contribution in [1.29, 1.82) is 5.26 Å². The van der Waals surface area contributed by atoms with E-state index in [0.717, 1.165) is 11.9 Å². The average Bonchev–Trinajstić information content (AvgIpc) is 3.01. The van der Waals surface area contributed by atoms with Crippen LogP contribution in [0, 0.1) is 18.3 Å². The van der Waals surface area contributed by atoms with Crippen molar-refractivity contribution >= 4 is 38.9 Å². The van der Waals surface area contributed by atoms with Gasteiger partial charge in [-0.1, -0.05) is 11.6 Å². The molecule has 0 spiro atoms. The molecule has 0 bridgehead atoms. The first kappa shape index (κ1) is 20.4. The molecule has 0 aliphatic rings. The van der Waals surface area contributed by atoms with Gasteiger partial charge in [0.05, 0.1) is 23.1 Å². The molecule has 148 valence electrons. The fourth-order valence-corrected chi connectivity index (χ4v) is 3.46. The average molecular weight is 430 g/mol. The molecule has 0 saturated heterocycles. The summed E-state index contributed by atoms with van der Waals surface area (Å²) in [6.07, 6.45) is 4.10. The maximum atomic E-state index is 12.6. The Morgan fingerprint density at radius 3 is 2.55 bits per heavy atom. The maximum Gasteiger partial charge on any atom is 0.257 e. The molecule has 3 rings (SSSR count). The zero-order valence-corrected chi connectivity index (χ0v) is 17.0. The molecule has 0 atom stereocenters. The van der Waals surface area contributed by atoms with E-state index in [1.165, 1.54) is 24.4 Å². The normalized spacial score (nSPS) is 11.0. The highest BCUT2D eigenvalue weighted by molar-refractivity contribution is 7.92. The van der Waals surface area contributed by atoms with Gasteiger partial charge in [0.2, 0.25) is 10.0 Å². The predicted molar refractivity (Wildman–Crippen MR) is 111 cm³/mol. The minimum absolute atomic E-state index is 0.242. The lowest BCUT2D eigenvalue weighted by atomic mass is 10.2. The quantitative estimate of drug-likeness (QED) is 0.645. The Kier molecular flexibility index (Phi) is 5.59. The van der Waals surface area contributed by atoms with Gasteiger partial charge in [-0.3, -0.25) is 9.52 Å². The van der Waals surface area contributed by atoms with Crippen LogP contribution < -0.4 is 10.0 Å². The number of carbonyl (C=O) groups is 1. The number of carbonyl (C=O) groups excluding carboxylic acids is 1. The standard InChI is InChI=1S/C19H16ClN5O3S/c1-12-5-14(11-25(12)18-4-3-13(9-21)10-22-18)19(26)23-16-6-15(20)7-17(8-16)24-29(2,27)28/h3-8,10-11,24H,1-2H3,(H,23,26). The molecule has 3 aromatic rings. The van der Waals surface area contributed by atoms with Gasteiger partial charge in [-0.15, -0.1) is 0 Å². The zero-order valence-electron chi connectivity index (χ0n) is 15.5. The van der Waals surface area contributed by atoms with Crippen LogP contribution in [0.2, 0.25) is 5.02 Å². The third kappa shape index (κ3) is 5.13. The van der Waals surface area contributed by atoms with Crippen LogP contribution in [0.5, 0.6) is 0 Å². The largest absolute Gasteiger partial charge is 0.322 e. The van der Waals surface area contributed by atoms with E-state index in [2.05, 4.69) is 15.0 Å². The Morgan fingerprint density at radius 1 is 1.21 bits per heavy atom. The van der Waals surface area contributed by atoms with E-state index in [9.17, 15) is 13.2 Å². The molecule has 0 saturated carbocycles. The molecule has 0 aliphatic heterocycles. The summed E-state index contributed by atoms with van der Waals surface area (Å²) in [5.41, 5.74) is 2.18. The van der Waals surface area contributed by atoms with Crippen LogP contribution in [-0.2, 0) is 10.0 Å². The molecule has 1 amide bonds. The summed E-state index contributed by atoms with van der Waals surface area (Å²) in [5, 5.41) is 11.8. The number of sulfonamides is 1. The first-order valence-electron chi connectivity index (χ1n) is 8.30. The van der Waals surface area contributed by atoms with Crippen molar-refractivity contribution < 1.29 is 13.2 Å². The SMILES string of the molecule is Cc1cc(C(=O)Nc2cc(Cl)cc(NS(C)(=O)=O)c2)cn1-c1ccc(C#N)cn1. The molecule has 2 N–H and O–H groups in total. The van der Waals surface area contributed by atoms with Crippen LogP contribution in [0.25, 0.3) is 5.82 Å². The number of nitriles is 1. The van der Waals surface area contributed by atoms with Gasteiger partial charge in [0, 0.05) is 28.8 Å². The fourth-order valence-electron chi connectivity index (χ4n) is 2.68. The number of amides is 1. The van der Waals surface area contributed by atoms with Crippen molar-refractivity contribution in [2.24, 2.45) is 0 Å². The number of anilines is 2. The highest BCUT2D eigenvalue weighted by atomic mass is 35.5. The molecule has 10 heteroatoms. The van der Waals surface area contributed by atoms with E-state index in [1.54, 1.807) is 29.0 Å². The van der Waals surface area contributed by atoms with Crippen molar-refractivity contribution in [1.82, 2.24) is 9.55 Å². The van der Waals surface area contributed by atoms with Gasteiger partial charge in [-0.2, -0.15) is 5.26 Å². The number of aryl methyl sites for hydroxylation is 1. The number of rotatable bonds is 5. The monoisotopic (exact) mass is 429 g/mol. The van der Waals surface area contributed by atoms with Crippen molar-refractivity contribution in [3.05, 3.63) is 70.6 Å². The van der Waals surface area contributed by atoms with Crippen LogP contribution in [0.3, 0.4) is 0 Å². The van der Waals surface area contributed by atoms with Gasteiger partial charge < -0.3 is 9.88 Å². The summed E-state index contributed by atoms with van der Waals surface area (Å²) in [6, 6.07) is 11.4. The molecule has 2 heterocycles. The minimum atomic E-state index is -3.48. The second-order valence-electron chi connectivity index (χ2n) is 6.31. The summed E-state index contributed by atoms with van der Waals surface area (Å²) in [7, 11) is -3.48. The third-order valence-electron chi connectivity index (χ3n) is 3.86. The van der Waals surface area contributed by atoms with E-state index >= 15 is 0 Å². The molecule has 0 aliphatic carbocycles. The summed E-state index contributed by atoms with van der Waals surface area (Å²) >= 11 is 6.02. The second-order valence-corrected chi connectivity index (χ2v) is 8.50. The Bertz CT molecular complexity index is 1230. The Balaban J connectivity index is 1.84. The van der Waals surface area contributed by atoms with Crippen molar-refractivity contribution in [2.45, 2.75) is 6.92 Å². The summed E-state index contributed by atoms with van der Waals surface area (Å²) in [5.74, 6) is 0.177. The maximum absolute atomic E-state index is 12.6. The Hall–Kier alpha value is -3.35. The first-order chi connectivity index (χ1) is 13.6. The minimum Gasteiger partial charge on any atom is -0.322 e. The van der Waals surface area contributed by atoms with Gasteiger partial charge in [-0.05, 0) is 43.3 Å². The Morgan fingerprint density at radius 2 is 1.93 bits per heavy atom. The molecule has 0 unspecified atom stereocenters. The van der Waals surface area contributed by atoms with Crippen LogP contribution in [0.1, 0.15) is 21.6 Å². The van der Waals surface area contributed by atoms with Gasteiger partial charge in [0.15, 0.2) is 0 Å². The van der Waals surface area contributed by atoms with Crippen molar-refractivity contribution in [3.8, 4) is 11.9 Å². The fraction of sp³-hybridized carbons (Fsp3) is 0.105. The summed E-state index contributed by atoms with van der Waals surface area (Å²) < 4.78 is 26.9. The van der Waals surface area contributed by atoms with E-state index < -0.39 is 15.9 Å². The lowest BCUT2D eigenvalue weighted by molar-refractivity contribution is 0.102. The second kappa shape index (κ2) is 7.95. The number of nitrogens with one attached hydrogen (secondary N) is 2. The van der Waals surface area contributed by atoms with E-state index in [4.69, 9.17) is 16.9 Å². The molecule has 8 nitrogen and oxygen atoms in total. The van der Waals surface area contributed by atoms with E-state index in [-0.39, 0.29) is 10.7 Å². The van der Waals surface area contributed by atoms with Gasteiger partial charge in [-0.25, -0.2) is 13.4 Å². The number of aromatic nitrogens is 2. The lowest BCUT2D eigenvalue weighted by Crippen LogP contribution is -2.13. The van der Waals surface area contributed by atoms with E-state index in [1.807, 2.05) is 13.0 Å². The van der Waals surface area contributed by atoms with E-state index in [0.29, 0.717) is 22.6 Å². The number of hydrogen-bond acceptors (Lipinski definition) is 5. The van der Waals surface area contributed by atoms with Crippen molar-refractivity contribution in [2.75, 3.05) is 16.3 Å². The highest BCUT2D eigenvalue weighted by Gasteiger charge is 2.13. The highest BCUT2D eigenvalue weighted by Crippen LogP contribution is 2.24. The molecule has 2 aromatic heterocycles. The third-order valence-corrected chi connectivity index (χ3v) is 4.68. The van der Waals surface area contributed by atoms with Gasteiger partial charge in [0.25, 0.3) is 5.91 Å². The number of pyridine rings is 1. The number of benzene rings is 1. The molecule has 1 aromatic carbocycles. The van der Waals surface area contributed by atoms with Crippen LogP contribution >= 0.6 is 11.6 Å². The van der Waals surface area contributed by atoms with Crippen LogP contribution in [-0.4, -0.2) is 30.1 Å². The summed E-state index contributed by atoms with van der Waals surface area (Å²) in [6.45, 7) is 1.82. The summed E-state index contributed by atoms with van der Waals surface area (Å²) in [4.78, 5) is 16.9. The predicted octanol–water partition coefficient (Wildman–Crippen LogP) is 3.33.